The molecule has 3 rings (SSSR count). The predicted molar refractivity (Wildman–Crippen MR) is 101 cm³/mol. The lowest BCUT2D eigenvalue weighted by Gasteiger charge is -2.06. The number of amides is 1. The van der Waals surface area contributed by atoms with Gasteiger partial charge in [-0.05, 0) is 31.2 Å². The van der Waals surface area contributed by atoms with Crippen LogP contribution in [0.4, 0.5) is 0 Å². The molecule has 136 valence electrons. The normalized spacial score (nSPS) is 12.5. The van der Waals surface area contributed by atoms with Crippen molar-refractivity contribution in [1.82, 2.24) is 14.7 Å². The van der Waals surface area contributed by atoms with E-state index in [0.29, 0.717) is 4.80 Å². The fourth-order valence-corrected chi connectivity index (χ4v) is 4.26. The SMILES string of the molecule is Cc1ccc(S(=O)(=O)NCC(=O)NN=c2sc3ccccc3n2C)cc1. The topological polar surface area (TPSA) is 92.6 Å². The summed E-state index contributed by atoms with van der Waals surface area (Å²) in [6.45, 7) is 1.47. The predicted octanol–water partition coefficient (Wildman–Crippen LogP) is 1.46. The van der Waals surface area contributed by atoms with Crippen LogP contribution in [0.1, 0.15) is 5.56 Å². The van der Waals surface area contributed by atoms with E-state index in [9.17, 15) is 13.2 Å². The molecule has 2 aromatic carbocycles. The highest BCUT2D eigenvalue weighted by atomic mass is 32.2. The first-order chi connectivity index (χ1) is 12.4. The number of nitrogens with one attached hydrogen (secondary N) is 2. The van der Waals surface area contributed by atoms with Gasteiger partial charge >= 0.3 is 0 Å². The molecular weight excluding hydrogens is 372 g/mol. The second-order valence-corrected chi connectivity index (χ2v) is 8.47. The van der Waals surface area contributed by atoms with Crippen LogP contribution in [0.25, 0.3) is 10.2 Å². The van der Waals surface area contributed by atoms with E-state index in [0.717, 1.165) is 15.8 Å². The summed E-state index contributed by atoms with van der Waals surface area (Å²) in [7, 11) is -1.89. The Morgan fingerprint density at radius 2 is 1.85 bits per heavy atom. The standard InChI is InChI=1S/C17H18N4O3S2/c1-12-7-9-13(10-8-12)26(23,24)18-11-16(22)19-20-17-21(2)14-5-3-4-6-15(14)25-17/h3-10,18H,11H2,1-2H3,(H,19,22). The molecule has 9 heteroatoms. The van der Waals surface area contributed by atoms with Crippen molar-refractivity contribution in [2.75, 3.05) is 6.54 Å². The highest BCUT2D eigenvalue weighted by Crippen LogP contribution is 2.14. The van der Waals surface area contributed by atoms with E-state index in [1.54, 1.807) is 12.1 Å². The number of rotatable bonds is 5. The lowest BCUT2D eigenvalue weighted by Crippen LogP contribution is -2.35. The fourth-order valence-electron chi connectivity index (χ4n) is 2.30. The zero-order valence-electron chi connectivity index (χ0n) is 14.3. The van der Waals surface area contributed by atoms with Crippen molar-refractivity contribution in [1.29, 1.82) is 0 Å². The molecule has 0 bridgehead atoms. The third kappa shape index (κ3) is 4.01. The number of hydrogen-bond donors (Lipinski definition) is 2. The molecule has 26 heavy (non-hydrogen) atoms. The van der Waals surface area contributed by atoms with Gasteiger partial charge in [0.1, 0.15) is 0 Å². The summed E-state index contributed by atoms with van der Waals surface area (Å²) in [5.41, 5.74) is 4.34. The number of thiazole rings is 1. The Bertz CT molecular complexity index is 1110. The van der Waals surface area contributed by atoms with Crippen LogP contribution in [0.5, 0.6) is 0 Å². The Labute approximate surface area is 155 Å². The molecule has 0 spiro atoms. The number of hydrogen-bond acceptors (Lipinski definition) is 5. The summed E-state index contributed by atoms with van der Waals surface area (Å²) < 4.78 is 29.5. The minimum atomic E-state index is -3.74. The van der Waals surface area contributed by atoms with E-state index in [4.69, 9.17) is 0 Å². The molecule has 1 heterocycles. The van der Waals surface area contributed by atoms with Crippen molar-refractivity contribution in [2.45, 2.75) is 11.8 Å². The molecule has 0 saturated carbocycles. The number of aryl methyl sites for hydroxylation is 2. The maximum Gasteiger partial charge on any atom is 0.255 e. The molecule has 2 N–H and O–H groups in total. The molecule has 0 unspecified atom stereocenters. The molecular formula is C17H18N4O3S2. The molecule has 3 aromatic rings. The van der Waals surface area contributed by atoms with Gasteiger partial charge < -0.3 is 4.57 Å². The first-order valence-electron chi connectivity index (χ1n) is 7.80. The summed E-state index contributed by atoms with van der Waals surface area (Å²) in [4.78, 5) is 12.7. The summed E-state index contributed by atoms with van der Waals surface area (Å²) in [6.07, 6.45) is 0. The number of para-hydroxylation sites is 1. The average Bonchev–Trinajstić information content (AvgIpc) is 2.95. The van der Waals surface area contributed by atoms with E-state index < -0.39 is 22.5 Å². The number of fused-ring (bicyclic) bond motifs is 1. The smallest absolute Gasteiger partial charge is 0.255 e. The Morgan fingerprint density at radius 1 is 1.15 bits per heavy atom. The molecule has 1 amide bonds. The molecule has 0 saturated heterocycles. The average molecular weight is 390 g/mol. The zero-order chi connectivity index (χ0) is 18.7. The van der Waals surface area contributed by atoms with E-state index >= 15 is 0 Å². The first kappa shape index (κ1) is 18.3. The molecule has 7 nitrogen and oxygen atoms in total. The molecule has 0 atom stereocenters. The van der Waals surface area contributed by atoms with Crippen molar-refractivity contribution in [3.63, 3.8) is 0 Å². The van der Waals surface area contributed by atoms with Crippen LogP contribution < -0.4 is 14.9 Å². The van der Waals surface area contributed by atoms with Gasteiger partial charge in [0.15, 0.2) is 0 Å². The molecule has 0 aliphatic heterocycles. The monoisotopic (exact) mass is 390 g/mol. The third-order valence-electron chi connectivity index (χ3n) is 3.75. The number of sulfonamides is 1. The van der Waals surface area contributed by atoms with Crippen molar-refractivity contribution >= 4 is 37.5 Å². The Hall–Kier alpha value is -2.49. The van der Waals surface area contributed by atoms with Crippen molar-refractivity contribution in [3.8, 4) is 0 Å². The minimum absolute atomic E-state index is 0.115. The van der Waals surface area contributed by atoms with Crippen molar-refractivity contribution < 1.29 is 13.2 Å². The van der Waals surface area contributed by atoms with Gasteiger partial charge in [-0.3, -0.25) is 4.79 Å². The van der Waals surface area contributed by atoms with E-state index in [1.165, 1.54) is 23.5 Å². The number of aromatic nitrogens is 1. The van der Waals surface area contributed by atoms with Gasteiger partial charge in [0.05, 0.1) is 21.7 Å². The van der Waals surface area contributed by atoms with Gasteiger partial charge in [0.25, 0.3) is 5.91 Å². The molecule has 0 fully saturated rings. The van der Waals surface area contributed by atoms with E-state index in [1.807, 2.05) is 42.8 Å². The van der Waals surface area contributed by atoms with Crippen molar-refractivity contribution in [2.24, 2.45) is 12.1 Å². The highest BCUT2D eigenvalue weighted by Gasteiger charge is 2.15. The van der Waals surface area contributed by atoms with E-state index in [-0.39, 0.29) is 4.90 Å². The van der Waals surface area contributed by atoms with Gasteiger partial charge in [-0.25, -0.2) is 18.6 Å². The summed E-state index contributed by atoms with van der Waals surface area (Å²) in [5.74, 6) is -0.543. The summed E-state index contributed by atoms with van der Waals surface area (Å²) >= 11 is 1.43. The molecule has 0 aliphatic carbocycles. The molecule has 1 aromatic heterocycles. The Balaban J connectivity index is 1.67. The number of benzene rings is 2. The molecule has 0 radical (unpaired) electrons. The van der Waals surface area contributed by atoms with Gasteiger partial charge in [-0.15, -0.1) is 5.10 Å². The second kappa shape index (κ2) is 7.40. The van der Waals surface area contributed by atoms with Gasteiger partial charge in [-0.2, -0.15) is 0 Å². The van der Waals surface area contributed by atoms with Crippen molar-refractivity contribution in [3.05, 3.63) is 58.9 Å². The summed E-state index contributed by atoms with van der Waals surface area (Å²) in [6, 6.07) is 14.2. The van der Waals surface area contributed by atoms with Crippen LogP contribution in [-0.4, -0.2) is 25.4 Å². The maximum absolute atomic E-state index is 12.2. The van der Waals surface area contributed by atoms with Crippen LogP contribution in [-0.2, 0) is 21.9 Å². The number of nitrogens with zero attached hydrogens (tertiary/aromatic N) is 2. The third-order valence-corrected chi connectivity index (χ3v) is 6.28. The number of carbonyl (C=O) groups is 1. The van der Waals surface area contributed by atoms with Crippen LogP contribution in [0.2, 0.25) is 0 Å². The largest absolute Gasteiger partial charge is 0.318 e. The van der Waals surface area contributed by atoms with Gasteiger partial charge in [0, 0.05) is 7.05 Å². The first-order valence-corrected chi connectivity index (χ1v) is 10.1. The van der Waals surface area contributed by atoms with Crippen LogP contribution in [0, 0.1) is 6.92 Å². The van der Waals surface area contributed by atoms with E-state index in [2.05, 4.69) is 15.2 Å². The lowest BCUT2D eigenvalue weighted by atomic mass is 10.2. The minimum Gasteiger partial charge on any atom is -0.318 e. The molecule has 0 aliphatic rings. The van der Waals surface area contributed by atoms with Crippen LogP contribution >= 0.6 is 11.3 Å². The van der Waals surface area contributed by atoms with Gasteiger partial charge in [-0.1, -0.05) is 41.2 Å². The lowest BCUT2D eigenvalue weighted by molar-refractivity contribution is -0.120. The van der Waals surface area contributed by atoms with Gasteiger partial charge in [0.2, 0.25) is 14.8 Å². The quantitative estimate of drug-likeness (QED) is 0.646. The fraction of sp³-hybridized carbons (Fsp3) is 0.176. The zero-order valence-corrected chi connectivity index (χ0v) is 15.9. The maximum atomic E-state index is 12.2. The Kier molecular flexibility index (Phi) is 5.21. The number of carbonyl (C=O) groups excluding carboxylic acids is 1. The summed E-state index contributed by atoms with van der Waals surface area (Å²) in [5, 5.41) is 4.08. The second-order valence-electron chi connectivity index (χ2n) is 5.70. The highest BCUT2D eigenvalue weighted by molar-refractivity contribution is 7.89. The van der Waals surface area contributed by atoms with Crippen LogP contribution in [0.3, 0.4) is 0 Å². The Morgan fingerprint density at radius 3 is 2.54 bits per heavy atom. The van der Waals surface area contributed by atoms with Crippen LogP contribution in [0.15, 0.2) is 58.5 Å².